The Morgan fingerprint density at radius 2 is 1.68 bits per heavy atom. The van der Waals surface area contributed by atoms with E-state index in [2.05, 4.69) is 5.32 Å². The Morgan fingerprint density at radius 1 is 0.968 bits per heavy atom. The zero-order valence-electron chi connectivity index (χ0n) is 16.9. The van der Waals surface area contributed by atoms with Crippen molar-refractivity contribution in [3.63, 3.8) is 0 Å². The van der Waals surface area contributed by atoms with Crippen LogP contribution in [0.4, 0.5) is 10.1 Å². The molecule has 0 saturated carbocycles. The summed E-state index contributed by atoms with van der Waals surface area (Å²) in [5.41, 5.74) is 1.73. The zero-order valence-corrected chi connectivity index (χ0v) is 17.6. The molecule has 3 aromatic carbocycles. The van der Waals surface area contributed by atoms with Crippen molar-refractivity contribution >= 4 is 29.2 Å². The Labute approximate surface area is 184 Å². The number of carbonyl (C=O) groups is 2. The van der Waals surface area contributed by atoms with Crippen LogP contribution in [0.15, 0.2) is 66.7 Å². The average Bonchev–Trinajstić information content (AvgIpc) is 2.75. The van der Waals surface area contributed by atoms with Crippen LogP contribution in [-0.2, 0) is 22.6 Å². The number of carbonyl (C=O) groups excluding carboxylic acids is 2. The van der Waals surface area contributed by atoms with E-state index >= 15 is 0 Å². The second kappa shape index (κ2) is 10.6. The normalized spacial score (nSPS) is 10.4. The molecule has 0 bridgehead atoms. The monoisotopic (exact) mass is 441 g/mol. The molecular weight excluding hydrogens is 421 g/mol. The van der Waals surface area contributed by atoms with Gasteiger partial charge in [-0.05, 0) is 42.3 Å². The zero-order chi connectivity index (χ0) is 22.2. The molecule has 31 heavy (non-hydrogen) atoms. The first-order chi connectivity index (χ1) is 15.0. The fraction of sp³-hybridized carbons (Fsp3) is 0.167. The van der Waals surface area contributed by atoms with Gasteiger partial charge >= 0.3 is 5.97 Å². The smallest absolute Gasteiger partial charge is 0.310 e. The molecule has 0 aliphatic carbocycles. The first-order valence-corrected chi connectivity index (χ1v) is 10.1. The molecule has 0 aliphatic rings. The quantitative estimate of drug-likeness (QED) is 0.474. The number of hydrogen-bond acceptors (Lipinski definition) is 4. The number of halogens is 2. The minimum absolute atomic E-state index is 0.0269. The molecule has 0 radical (unpaired) electrons. The Balaban J connectivity index is 1.70. The molecule has 0 spiro atoms. The second-order valence-corrected chi connectivity index (χ2v) is 7.05. The van der Waals surface area contributed by atoms with Crippen LogP contribution >= 0.6 is 11.6 Å². The van der Waals surface area contributed by atoms with E-state index < -0.39 is 11.7 Å². The molecule has 1 amide bonds. The highest BCUT2D eigenvalue weighted by Crippen LogP contribution is 2.29. The highest BCUT2D eigenvalue weighted by molar-refractivity contribution is 6.34. The minimum Gasteiger partial charge on any atom is -0.486 e. The molecule has 0 atom stereocenters. The van der Waals surface area contributed by atoms with Gasteiger partial charge < -0.3 is 14.8 Å². The van der Waals surface area contributed by atoms with Gasteiger partial charge in [-0.1, -0.05) is 54.1 Å². The van der Waals surface area contributed by atoms with Crippen molar-refractivity contribution in [2.75, 3.05) is 11.9 Å². The van der Waals surface area contributed by atoms with Gasteiger partial charge in [-0.3, -0.25) is 9.59 Å². The first-order valence-electron chi connectivity index (χ1n) is 9.68. The van der Waals surface area contributed by atoms with Gasteiger partial charge in [-0.15, -0.1) is 0 Å². The fourth-order valence-electron chi connectivity index (χ4n) is 2.87. The summed E-state index contributed by atoms with van der Waals surface area (Å²) < 4.78 is 25.4. The lowest BCUT2D eigenvalue weighted by Gasteiger charge is -2.12. The van der Waals surface area contributed by atoms with E-state index in [1.165, 1.54) is 12.1 Å². The van der Waals surface area contributed by atoms with Crippen LogP contribution in [0.25, 0.3) is 0 Å². The lowest BCUT2D eigenvalue weighted by molar-refractivity contribution is -0.142. The highest BCUT2D eigenvalue weighted by Gasteiger charge is 2.20. The SMILES string of the molecule is CCOC(=O)Cc1ccc(NC(=O)c2c(Cl)ccc(OCc3ccccc3)c2F)cc1. The number of anilines is 1. The summed E-state index contributed by atoms with van der Waals surface area (Å²) in [6.45, 7) is 2.21. The molecule has 0 saturated heterocycles. The van der Waals surface area contributed by atoms with Crippen LogP contribution in [0.5, 0.6) is 5.75 Å². The van der Waals surface area contributed by atoms with Gasteiger partial charge in [-0.2, -0.15) is 0 Å². The molecule has 3 rings (SSSR count). The predicted molar refractivity (Wildman–Crippen MR) is 117 cm³/mol. The van der Waals surface area contributed by atoms with Crippen LogP contribution in [0, 0.1) is 5.82 Å². The lowest BCUT2D eigenvalue weighted by Crippen LogP contribution is -2.15. The van der Waals surface area contributed by atoms with E-state index in [-0.39, 0.29) is 35.3 Å². The second-order valence-electron chi connectivity index (χ2n) is 6.64. The number of nitrogens with one attached hydrogen (secondary N) is 1. The van der Waals surface area contributed by atoms with Crippen molar-refractivity contribution in [3.8, 4) is 5.75 Å². The lowest BCUT2D eigenvalue weighted by atomic mass is 10.1. The summed E-state index contributed by atoms with van der Waals surface area (Å²) in [4.78, 5) is 24.2. The third-order valence-corrected chi connectivity index (χ3v) is 4.70. The molecule has 5 nitrogen and oxygen atoms in total. The van der Waals surface area contributed by atoms with Crippen LogP contribution in [0.3, 0.4) is 0 Å². The van der Waals surface area contributed by atoms with Gasteiger partial charge in [0.1, 0.15) is 6.61 Å². The molecule has 3 aromatic rings. The van der Waals surface area contributed by atoms with Crippen molar-refractivity contribution in [2.45, 2.75) is 20.0 Å². The fourth-order valence-corrected chi connectivity index (χ4v) is 3.10. The maximum absolute atomic E-state index is 14.9. The maximum Gasteiger partial charge on any atom is 0.310 e. The van der Waals surface area contributed by atoms with Gasteiger partial charge in [0.15, 0.2) is 11.6 Å². The van der Waals surface area contributed by atoms with E-state index in [0.717, 1.165) is 11.1 Å². The Morgan fingerprint density at radius 3 is 2.35 bits per heavy atom. The molecule has 160 valence electrons. The van der Waals surface area contributed by atoms with E-state index in [1.54, 1.807) is 31.2 Å². The Hall–Kier alpha value is -3.38. The van der Waals surface area contributed by atoms with Crippen LogP contribution < -0.4 is 10.1 Å². The molecule has 0 unspecified atom stereocenters. The van der Waals surface area contributed by atoms with Crippen molar-refractivity contribution in [1.82, 2.24) is 0 Å². The molecule has 1 N–H and O–H groups in total. The first kappa shape index (κ1) is 22.3. The van der Waals surface area contributed by atoms with Gasteiger partial charge in [0, 0.05) is 5.69 Å². The molecule has 7 heteroatoms. The average molecular weight is 442 g/mol. The van der Waals surface area contributed by atoms with Crippen LogP contribution in [0.1, 0.15) is 28.4 Å². The number of ether oxygens (including phenoxy) is 2. The van der Waals surface area contributed by atoms with Gasteiger partial charge in [0.25, 0.3) is 5.91 Å². The number of hydrogen-bond donors (Lipinski definition) is 1. The van der Waals surface area contributed by atoms with E-state index in [9.17, 15) is 14.0 Å². The number of rotatable bonds is 8. The van der Waals surface area contributed by atoms with Crippen LogP contribution in [-0.4, -0.2) is 18.5 Å². The van der Waals surface area contributed by atoms with Gasteiger partial charge in [-0.25, -0.2) is 4.39 Å². The molecular formula is C24H21ClFNO4. The van der Waals surface area contributed by atoms with Gasteiger partial charge in [0.2, 0.25) is 0 Å². The maximum atomic E-state index is 14.9. The minimum atomic E-state index is -0.833. The topological polar surface area (TPSA) is 64.6 Å². The highest BCUT2D eigenvalue weighted by atomic mass is 35.5. The standard InChI is InChI=1S/C24H21ClFNO4/c1-2-30-21(28)14-16-8-10-18(11-9-16)27-24(29)22-19(25)12-13-20(23(22)26)31-15-17-6-4-3-5-7-17/h3-13H,2,14-15H2,1H3,(H,27,29). The van der Waals surface area contributed by atoms with Crippen molar-refractivity contribution < 1.29 is 23.5 Å². The largest absolute Gasteiger partial charge is 0.486 e. The Bertz CT molecular complexity index is 1060. The number of esters is 1. The number of benzene rings is 3. The Kier molecular flexibility index (Phi) is 7.62. The molecule has 0 aromatic heterocycles. The summed E-state index contributed by atoms with van der Waals surface area (Å²) in [7, 11) is 0. The van der Waals surface area contributed by atoms with Crippen molar-refractivity contribution in [3.05, 3.63) is 94.3 Å². The molecule has 0 heterocycles. The molecule has 0 fully saturated rings. The summed E-state index contributed by atoms with van der Waals surface area (Å²) in [6, 6.07) is 18.7. The van der Waals surface area contributed by atoms with Crippen LogP contribution in [0.2, 0.25) is 5.02 Å². The third kappa shape index (κ3) is 6.06. The van der Waals surface area contributed by atoms with Gasteiger partial charge in [0.05, 0.1) is 23.6 Å². The van der Waals surface area contributed by atoms with E-state index in [1.807, 2.05) is 30.3 Å². The third-order valence-electron chi connectivity index (χ3n) is 4.39. The summed E-state index contributed by atoms with van der Waals surface area (Å²) >= 11 is 6.08. The summed E-state index contributed by atoms with van der Waals surface area (Å²) in [6.07, 6.45) is 0.128. The predicted octanol–water partition coefficient (Wildman–Crippen LogP) is 5.42. The van der Waals surface area contributed by atoms with E-state index in [0.29, 0.717) is 12.3 Å². The summed E-state index contributed by atoms with van der Waals surface area (Å²) in [5, 5.41) is 2.58. The van der Waals surface area contributed by atoms with E-state index in [4.69, 9.17) is 21.1 Å². The van der Waals surface area contributed by atoms with Crippen molar-refractivity contribution in [1.29, 1.82) is 0 Å². The summed E-state index contributed by atoms with van der Waals surface area (Å²) in [5.74, 6) is -1.94. The number of amides is 1. The molecule has 0 aliphatic heterocycles. The van der Waals surface area contributed by atoms with Crippen molar-refractivity contribution in [2.24, 2.45) is 0 Å².